The molecule has 0 saturated heterocycles. The van der Waals surface area contributed by atoms with Crippen molar-refractivity contribution < 1.29 is 4.74 Å². The summed E-state index contributed by atoms with van der Waals surface area (Å²) in [7, 11) is 0. The Morgan fingerprint density at radius 3 is 2.74 bits per heavy atom. The van der Waals surface area contributed by atoms with Crippen LogP contribution in [0.5, 0.6) is 5.75 Å². The Bertz CT molecular complexity index is 375. The van der Waals surface area contributed by atoms with Crippen LogP contribution >= 0.6 is 0 Å². The second kappa shape index (κ2) is 7.39. The molecular formula is C16H26N2O. The van der Waals surface area contributed by atoms with Crippen LogP contribution < -0.4 is 10.5 Å². The number of likely N-dealkylation sites (N-methyl/N-ethyl adjacent to an activating group) is 1. The van der Waals surface area contributed by atoms with Crippen LogP contribution in [-0.4, -0.2) is 30.6 Å². The molecule has 2 N–H and O–H groups in total. The fourth-order valence-electron chi connectivity index (χ4n) is 2.93. The summed E-state index contributed by atoms with van der Waals surface area (Å²) in [6.45, 7) is 5.11. The van der Waals surface area contributed by atoms with Crippen LogP contribution in [0.2, 0.25) is 0 Å². The Morgan fingerprint density at radius 1 is 1.26 bits per heavy atom. The normalized spacial score (nSPS) is 16.7. The molecule has 0 spiro atoms. The molecule has 0 amide bonds. The van der Waals surface area contributed by atoms with Gasteiger partial charge in [0.15, 0.2) is 0 Å². The fourth-order valence-corrected chi connectivity index (χ4v) is 2.93. The van der Waals surface area contributed by atoms with Gasteiger partial charge in [0.05, 0.1) is 0 Å². The van der Waals surface area contributed by atoms with Gasteiger partial charge in [-0.05, 0) is 31.5 Å². The molecule has 1 saturated carbocycles. The maximum atomic E-state index is 5.79. The van der Waals surface area contributed by atoms with Gasteiger partial charge in [-0.25, -0.2) is 0 Å². The Hall–Kier alpha value is -1.22. The monoisotopic (exact) mass is 262 g/mol. The number of nitrogen functional groups attached to an aromatic ring is 1. The Morgan fingerprint density at radius 2 is 2.05 bits per heavy atom. The van der Waals surface area contributed by atoms with E-state index >= 15 is 0 Å². The largest absolute Gasteiger partial charge is 0.492 e. The highest BCUT2D eigenvalue weighted by Gasteiger charge is 2.19. The maximum absolute atomic E-state index is 5.79. The van der Waals surface area contributed by atoms with Crippen molar-refractivity contribution in [3.05, 3.63) is 24.3 Å². The summed E-state index contributed by atoms with van der Waals surface area (Å²) in [6, 6.07) is 8.43. The number of rotatable bonds is 6. The van der Waals surface area contributed by atoms with E-state index < -0.39 is 0 Å². The number of nitrogens with two attached hydrogens (primary N) is 1. The number of hydrogen-bond donors (Lipinski definition) is 1. The minimum absolute atomic E-state index is 0.744. The van der Waals surface area contributed by atoms with E-state index in [0.29, 0.717) is 0 Å². The molecule has 2 rings (SSSR count). The summed E-state index contributed by atoms with van der Waals surface area (Å²) < 4.78 is 5.79. The summed E-state index contributed by atoms with van der Waals surface area (Å²) in [6.07, 6.45) is 6.89. The van der Waals surface area contributed by atoms with Crippen molar-refractivity contribution in [3.8, 4) is 5.75 Å². The average molecular weight is 262 g/mol. The first-order chi connectivity index (χ1) is 9.29. The van der Waals surface area contributed by atoms with Crippen molar-refractivity contribution >= 4 is 5.69 Å². The lowest BCUT2D eigenvalue weighted by molar-refractivity contribution is 0.137. The zero-order valence-electron chi connectivity index (χ0n) is 12.0. The van der Waals surface area contributed by atoms with Crippen molar-refractivity contribution in [1.29, 1.82) is 0 Å². The van der Waals surface area contributed by atoms with Crippen LogP contribution in [0.25, 0.3) is 0 Å². The first kappa shape index (κ1) is 14.2. The molecule has 1 aliphatic carbocycles. The van der Waals surface area contributed by atoms with Gasteiger partial charge in [-0.15, -0.1) is 0 Å². The highest BCUT2D eigenvalue weighted by atomic mass is 16.5. The molecule has 3 nitrogen and oxygen atoms in total. The van der Waals surface area contributed by atoms with E-state index in [0.717, 1.165) is 37.2 Å². The highest BCUT2D eigenvalue weighted by molar-refractivity contribution is 5.43. The molecule has 106 valence electrons. The van der Waals surface area contributed by atoms with Crippen LogP contribution in [0.15, 0.2) is 24.3 Å². The van der Waals surface area contributed by atoms with Crippen molar-refractivity contribution in [2.24, 2.45) is 0 Å². The smallest absolute Gasteiger partial charge is 0.121 e. The zero-order chi connectivity index (χ0) is 13.5. The van der Waals surface area contributed by atoms with Gasteiger partial charge in [0, 0.05) is 24.3 Å². The molecule has 0 unspecified atom stereocenters. The number of nitrogens with zero attached hydrogens (tertiary/aromatic N) is 1. The van der Waals surface area contributed by atoms with Gasteiger partial charge in [-0.1, -0.05) is 32.3 Å². The van der Waals surface area contributed by atoms with Crippen molar-refractivity contribution in [1.82, 2.24) is 4.90 Å². The van der Waals surface area contributed by atoms with Crippen LogP contribution in [-0.2, 0) is 0 Å². The van der Waals surface area contributed by atoms with E-state index in [2.05, 4.69) is 11.8 Å². The molecule has 19 heavy (non-hydrogen) atoms. The molecule has 0 bridgehead atoms. The second-order valence-electron chi connectivity index (χ2n) is 5.34. The first-order valence-electron chi connectivity index (χ1n) is 7.52. The number of ether oxygens (including phenoxy) is 1. The van der Waals surface area contributed by atoms with Crippen LogP contribution in [0, 0.1) is 0 Å². The SMILES string of the molecule is CCN(CCOc1cccc(N)c1)C1CCCCC1. The Kier molecular flexibility index (Phi) is 5.52. The van der Waals surface area contributed by atoms with E-state index in [4.69, 9.17) is 10.5 Å². The average Bonchev–Trinajstić information content (AvgIpc) is 2.45. The molecule has 1 aliphatic rings. The van der Waals surface area contributed by atoms with E-state index in [1.807, 2.05) is 24.3 Å². The third kappa shape index (κ3) is 4.43. The minimum Gasteiger partial charge on any atom is -0.492 e. The number of benzene rings is 1. The van der Waals surface area contributed by atoms with Crippen molar-refractivity contribution in [3.63, 3.8) is 0 Å². The molecule has 0 aliphatic heterocycles. The summed E-state index contributed by atoms with van der Waals surface area (Å²) >= 11 is 0. The Balaban J connectivity index is 1.76. The lowest BCUT2D eigenvalue weighted by Gasteiger charge is -2.33. The third-order valence-corrected chi connectivity index (χ3v) is 4.00. The van der Waals surface area contributed by atoms with Gasteiger partial charge in [0.25, 0.3) is 0 Å². The van der Waals surface area contributed by atoms with Gasteiger partial charge in [0.2, 0.25) is 0 Å². The summed E-state index contributed by atoms with van der Waals surface area (Å²) in [4.78, 5) is 2.56. The summed E-state index contributed by atoms with van der Waals surface area (Å²) in [5.74, 6) is 0.875. The van der Waals surface area contributed by atoms with Gasteiger partial charge in [0.1, 0.15) is 12.4 Å². The lowest BCUT2D eigenvalue weighted by Crippen LogP contribution is -2.39. The molecule has 1 fully saturated rings. The maximum Gasteiger partial charge on any atom is 0.121 e. The molecule has 0 heterocycles. The van der Waals surface area contributed by atoms with Gasteiger partial charge < -0.3 is 10.5 Å². The van der Waals surface area contributed by atoms with E-state index in [-0.39, 0.29) is 0 Å². The van der Waals surface area contributed by atoms with Crippen LogP contribution in [0.3, 0.4) is 0 Å². The van der Waals surface area contributed by atoms with E-state index in [1.165, 1.54) is 32.1 Å². The van der Waals surface area contributed by atoms with E-state index in [9.17, 15) is 0 Å². The Labute approximate surface area is 116 Å². The van der Waals surface area contributed by atoms with Crippen LogP contribution in [0.4, 0.5) is 5.69 Å². The fraction of sp³-hybridized carbons (Fsp3) is 0.625. The van der Waals surface area contributed by atoms with Gasteiger partial charge >= 0.3 is 0 Å². The molecule has 0 radical (unpaired) electrons. The zero-order valence-corrected chi connectivity index (χ0v) is 12.0. The molecular weight excluding hydrogens is 236 g/mol. The van der Waals surface area contributed by atoms with Gasteiger partial charge in [-0.3, -0.25) is 4.90 Å². The summed E-state index contributed by atoms with van der Waals surface area (Å²) in [5, 5.41) is 0. The molecule has 1 aromatic rings. The van der Waals surface area contributed by atoms with Crippen LogP contribution in [0.1, 0.15) is 39.0 Å². The first-order valence-corrected chi connectivity index (χ1v) is 7.52. The molecule has 1 aromatic carbocycles. The predicted octanol–water partition coefficient (Wildman–Crippen LogP) is 3.30. The predicted molar refractivity (Wildman–Crippen MR) is 80.5 cm³/mol. The van der Waals surface area contributed by atoms with Crippen molar-refractivity contribution in [2.75, 3.05) is 25.4 Å². The second-order valence-corrected chi connectivity index (χ2v) is 5.34. The third-order valence-electron chi connectivity index (χ3n) is 4.00. The van der Waals surface area contributed by atoms with E-state index in [1.54, 1.807) is 0 Å². The minimum atomic E-state index is 0.744. The molecule has 0 aromatic heterocycles. The molecule has 3 heteroatoms. The number of hydrogen-bond acceptors (Lipinski definition) is 3. The van der Waals surface area contributed by atoms with Crippen molar-refractivity contribution in [2.45, 2.75) is 45.1 Å². The summed E-state index contributed by atoms with van der Waals surface area (Å²) in [5.41, 5.74) is 6.50. The standard InChI is InChI=1S/C16H26N2O/c1-2-18(15-8-4-3-5-9-15)11-12-19-16-10-6-7-14(17)13-16/h6-7,10,13,15H,2-5,8-9,11-12,17H2,1H3. The molecule has 0 atom stereocenters. The topological polar surface area (TPSA) is 38.5 Å². The quantitative estimate of drug-likeness (QED) is 0.799. The van der Waals surface area contributed by atoms with Gasteiger partial charge in [-0.2, -0.15) is 0 Å². The lowest BCUT2D eigenvalue weighted by atomic mass is 9.94. The highest BCUT2D eigenvalue weighted by Crippen LogP contribution is 2.22. The number of anilines is 1.